The van der Waals surface area contributed by atoms with E-state index in [1.165, 1.54) is 47.6 Å². The first-order valence-electron chi connectivity index (χ1n) is 24.2. The van der Waals surface area contributed by atoms with Gasteiger partial charge in [-0.2, -0.15) is 0 Å². The van der Waals surface area contributed by atoms with Crippen molar-refractivity contribution in [3.05, 3.63) is 166 Å². The van der Waals surface area contributed by atoms with Gasteiger partial charge in [-0.1, -0.05) is 84.9 Å². The molecule has 0 aliphatic carbocycles. The van der Waals surface area contributed by atoms with Crippen molar-refractivity contribution in [3.63, 3.8) is 0 Å². The van der Waals surface area contributed by atoms with Gasteiger partial charge in [-0.25, -0.2) is 19.2 Å². The Kier molecular flexibility index (Phi) is 16.3. The fourth-order valence-corrected chi connectivity index (χ4v) is 9.13. The Morgan fingerprint density at radius 1 is 0.569 bits per heavy atom. The minimum Gasteiger partial charge on any atom is -0.465 e. The summed E-state index contributed by atoms with van der Waals surface area (Å²) >= 11 is 0. The summed E-state index contributed by atoms with van der Waals surface area (Å²) in [6.07, 6.45) is 7.02. The molecule has 2 atom stereocenters. The number of anilines is 2. The van der Waals surface area contributed by atoms with Crippen LogP contribution in [-0.4, -0.2) is 95.5 Å². The monoisotopic (exact) mass is 974 g/mol. The maximum absolute atomic E-state index is 13.2. The van der Waals surface area contributed by atoms with Gasteiger partial charge in [0.25, 0.3) is 0 Å². The number of rotatable bonds is 10. The molecule has 0 saturated heterocycles. The number of esters is 2. The zero-order chi connectivity index (χ0) is 51.7. The lowest BCUT2D eigenvalue weighted by atomic mass is 9.89. The Hall–Kier alpha value is -7.74. The molecule has 6 aromatic rings. The number of benzene rings is 4. The van der Waals surface area contributed by atoms with Crippen LogP contribution in [-0.2, 0) is 31.8 Å². The van der Waals surface area contributed by atoms with Gasteiger partial charge in [0.05, 0.1) is 61.2 Å². The molecule has 0 spiro atoms. The van der Waals surface area contributed by atoms with Crippen LogP contribution >= 0.6 is 0 Å². The molecule has 72 heavy (non-hydrogen) atoms. The first kappa shape index (κ1) is 52.1. The largest absolute Gasteiger partial charge is 0.465 e. The highest BCUT2D eigenvalue weighted by Gasteiger charge is 2.36. The maximum Gasteiger partial charge on any atom is 0.410 e. The molecule has 0 bridgehead atoms. The number of fused-ring (bicyclic) bond motifs is 2. The minimum atomic E-state index is -0.606. The van der Waals surface area contributed by atoms with E-state index >= 15 is 0 Å². The number of carbonyl (C=O) groups excluding carboxylic acids is 4. The highest BCUT2D eigenvalue weighted by Crippen LogP contribution is 2.37. The lowest BCUT2D eigenvalue weighted by molar-refractivity contribution is 0.0143. The van der Waals surface area contributed by atoms with Crippen LogP contribution in [0.2, 0.25) is 0 Å². The van der Waals surface area contributed by atoms with Gasteiger partial charge in [0.1, 0.15) is 11.2 Å². The molecule has 14 nitrogen and oxygen atoms in total. The number of ether oxygens (including phenoxy) is 4. The summed E-state index contributed by atoms with van der Waals surface area (Å²) in [4.78, 5) is 62.7. The van der Waals surface area contributed by atoms with Crippen LogP contribution < -0.4 is 10.6 Å². The van der Waals surface area contributed by atoms with Crippen molar-refractivity contribution >= 4 is 35.5 Å². The molecule has 2 amide bonds. The van der Waals surface area contributed by atoms with Crippen molar-refractivity contribution < 1.29 is 38.1 Å². The van der Waals surface area contributed by atoms with Crippen LogP contribution in [0.15, 0.2) is 122 Å². The number of nitrogens with one attached hydrogen (secondary N) is 2. The third kappa shape index (κ3) is 12.6. The minimum absolute atomic E-state index is 0.291. The predicted molar refractivity (Wildman–Crippen MR) is 280 cm³/mol. The molecule has 4 heterocycles. The average Bonchev–Trinajstić information content (AvgIpc) is 3.35. The smallest absolute Gasteiger partial charge is 0.410 e. The maximum atomic E-state index is 13.2. The van der Waals surface area contributed by atoms with E-state index < -0.39 is 23.1 Å². The van der Waals surface area contributed by atoms with Gasteiger partial charge in [-0.15, -0.1) is 0 Å². The van der Waals surface area contributed by atoms with E-state index in [4.69, 9.17) is 18.9 Å². The molecule has 0 radical (unpaired) electrons. The second-order valence-corrected chi connectivity index (χ2v) is 19.9. The molecule has 2 aromatic heterocycles. The number of aromatic nitrogens is 2. The zero-order valence-corrected chi connectivity index (χ0v) is 43.0. The number of nitrogens with zero attached hydrogens (tertiary/aromatic N) is 4. The van der Waals surface area contributed by atoms with Crippen LogP contribution in [0.1, 0.15) is 108 Å². The van der Waals surface area contributed by atoms with E-state index in [0.717, 1.165) is 35.1 Å². The van der Waals surface area contributed by atoms with Gasteiger partial charge in [0.15, 0.2) is 0 Å². The Labute approximate surface area is 423 Å². The van der Waals surface area contributed by atoms with Crippen LogP contribution in [0, 0.1) is 13.8 Å². The first-order valence-corrected chi connectivity index (χ1v) is 24.2. The second kappa shape index (κ2) is 22.6. The van der Waals surface area contributed by atoms with Crippen LogP contribution in [0.3, 0.4) is 0 Å². The lowest BCUT2D eigenvalue weighted by Gasteiger charge is -2.38. The summed E-state index contributed by atoms with van der Waals surface area (Å²) < 4.78 is 21.3. The molecular formula is C58H66N6O8. The number of methoxy groups -OCH3 is 2. The van der Waals surface area contributed by atoms with Gasteiger partial charge < -0.3 is 29.6 Å². The lowest BCUT2D eigenvalue weighted by Crippen LogP contribution is -2.45. The van der Waals surface area contributed by atoms with Crippen molar-refractivity contribution in [3.8, 4) is 22.3 Å². The Balaban J connectivity index is 0.000000211. The van der Waals surface area contributed by atoms with E-state index in [9.17, 15) is 19.2 Å². The summed E-state index contributed by atoms with van der Waals surface area (Å²) in [6.45, 7) is 17.2. The van der Waals surface area contributed by atoms with Crippen LogP contribution in [0.5, 0.6) is 0 Å². The summed E-state index contributed by atoms with van der Waals surface area (Å²) in [7, 11) is 2.69. The summed E-state index contributed by atoms with van der Waals surface area (Å²) in [6, 6.07) is 32.2. The summed E-state index contributed by atoms with van der Waals surface area (Å²) in [5, 5.41) is 6.66. The number of aryl methyl sites for hydroxylation is 2. The van der Waals surface area contributed by atoms with Gasteiger partial charge in [-0.05, 0) is 136 Å². The Bertz CT molecular complexity index is 2730. The number of hydrogen-bond acceptors (Lipinski definition) is 12. The SMILES string of the molecule is COC(=O)c1ccncc1NC[C@@H]1c2ccc(-c3ccccc3C)cc2CCN1C(=O)OC(C)(C)C.COC(=O)c1ccncc1NC[C@H]1c2ccc(-c3ccccc3C)cc2CCN1C(=O)OC(C)(C)C. The molecule has 4 aromatic carbocycles. The summed E-state index contributed by atoms with van der Waals surface area (Å²) in [5.41, 5.74) is 12.3. The fourth-order valence-electron chi connectivity index (χ4n) is 9.13. The molecule has 14 heteroatoms. The highest BCUT2D eigenvalue weighted by molar-refractivity contribution is 5.96. The second-order valence-electron chi connectivity index (χ2n) is 19.9. The summed E-state index contributed by atoms with van der Waals surface area (Å²) in [5.74, 6) is -0.897. The molecular weight excluding hydrogens is 909 g/mol. The Morgan fingerprint density at radius 2 is 0.958 bits per heavy atom. The highest BCUT2D eigenvalue weighted by atomic mass is 16.6. The molecule has 2 aliphatic rings. The topological polar surface area (TPSA) is 162 Å². The molecule has 0 fully saturated rings. The number of hydrogen-bond donors (Lipinski definition) is 2. The van der Waals surface area contributed by atoms with Crippen molar-refractivity contribution in [2.45, 2.75) is 91.5 Å². The Morgan fingerprint density at radius 3 is 1.32 bits per heavy atom. The standard InChI is InChI=1S/2C29H33N3O4/c2*1-19-8-6-7-9-22(19)20-10-11-23-21(16-20)13-15-32(28(34)36-29(2,3)4)26(23)18-31-25-17-30-14-12-24(25)27(33)35-5/h2*6-12,14,16-17,26,31H,13,15,18H2,1-5H3/t2*26-/m10/s1. The van der Waals surface area contributed by atoms with E-state index in [0.29, 0.717) is 48.7 Å². The molecule has 0 unspecified atom stereocenters. The van der Waals surface area contributed by atoms with E-state index in [1.54, 1.807) is 46.7 Å². The van der Waals surface area contributed by atoms with Gasteiger partial charge in [0.2, 0.25) is 0 Å². The van der Waals surface area contributed by atoms with Crippen molar-refractivity contribution in [1.29, 1.82) is 0 Å². The van der Waals surface area contributed by atoms with E-state index in [1.807, 2.05) is 65.8 Å². The number of amides is 2. The van der Waals surface area contributed by atoms with Gasteiger partial charge >= 0.3 is 24.1 Å². The van der Waals surface area contributed by atoms with Crippen molar-refractivity contribution in [2.75, 3.05) is 51.0 Å². The van der Waals surface area contributed by atoms with E-state index in [2.05, 4.69) is 95.1 Å². The molecule has 0 saturated carbocycles. The van der Waals surface area contributed by atoms with Gasteiger partial charge in [0, 0.05) is 38.6 Å². The molecule has 2 aliphatic heterocycles. The predicted octanol–water partition coefficient (Wildman–Crippen LogP) is 11.6. The zero-order valence-electron chi connectivity index (χ0n) is 43.0. The third-order valence-electron chi connectivity index (χ3n) is 12.6. The fraction of sp³-hybridized carbons (Fsp3) is 0.345. The van der Waals surface area contributed by atoms with Crippen molar-refractivity contribution in [2.24, 2.45) is 0 Å². The molecule has 376 valence electrons. The van der Waals surface area contributed by atoms with Crippen molar-refractivity contribution in [1.82, 2.24) is 19.8 Å². The first-order chi connectivity index (χ1) is 34.3. The van der Waals surface area contributed by atoms with E-state index in [-0.39, 0.29) is 24.3 Å². The normalized spacial score (nSPS) is 15.1. The van der Waals surface area contributed by atoms with Crippen LogP contribution in [0.4, 0.5) is 21.0 Å². The van der Waals surface area contributed by atoms with Gasteiger partial charge in [-0.3, -0.25) is 19.8 Å². The third-order valence-corrected chi connectivity index (χ3v) is 12.6. The quantitative estimate of drug-likeness (QED) is 0.0989. The molecule has 8 rings (SSSR count). The van der Waals surface area contributed by atoms with Crippen LogP contribution in [0.25, 0.3) is 22.3 Å². The average molecular weight is 975 g/mol. The number of carbonyl (C=O) groups is 4. The molecule has 2 N–H and O–H groups in total. The number of pyridine rings is 2.